The first-order chi connectivity index (χ1) is 8.65. The lowest BCUT2D eigenvalue weighted by Gasteiger charge is -2.25. The van der Waals surface area contributed by atoms with E-state index in [9.17, 15) is 10.1 Å². The zero-order valence-electron chi connectivity index (χ0n) is 9.79. The van der Waals surface area contributed by atoms with Gasteiger partial charge in [-0.05, 0) is 43.2 Å². The van der Waals surface area contributed by atoms with E-state index in [1.165, 1.54) is 19.3 Å². The monoisotopic (exact) mass is 283 g/mol. The number of non-ortho nitro benzene ring substituents is 1. The van der Waals surface area contributed by atoms with Gasteiger partial charge in [-0.2, -0.15) is 0 Å². The molecule has 1 aromatic carbocycles. The van der Waals surface area contributed by atoms with E-state index in [4.69, 9.17) is 11.6 Å². The summed E-state index contributed by atoms with van der Waals surface area (Å²) in [4.78, 5) is 11.3. The number of alkyl halides is 1. The molecule has 0 aliphatic heterocycles. The van der Waals surface area contributed by atoms with E-state index in [1.807, 2.05) is 12.1 Å². The molecule has 0 spiro atoms. The average molecular weight is 284 g/mol. The molecule has 0 saturated heterocycles. The highest BCUT2D eigenvalue weighted by molar-refractivity contribution is 8.00. The van der Waals surface area contributed by atoms with E-state index < -0.39 is 0 Å². The first-order valence-corrected chi connectivity index (χ1v) is 7.52. The zero-order valence-corrected chi connectivity index (χ0v) is 11.4. The van der Waals surface area contributed by atoms with Crippen molar-refractivity contribution in [1.82, 2.24) is 0 Å². The Morgan fingerprint density at radius 2 is 1.89 bits per heavy atom. The van der Waals surface area contributed by atoms with Gasteiger partial charge in [-0.25, -0.2) is 0 Å². The van der Waals surface area contributed by atoms with E-state index >= 15 is 0 Å². The minimum Gasteiger partial charge on any atom is -0.258 e. The maximum Gasteiger partial charge on any atom is 0.269 e. The van der Waals surface area contributed by atoms with E-state index in [2.05, 4.69) is 0 Å². The molecule has 0 N–H and O–H groups in total. The van der Waals surface area contributed by atoms with E-state index in [0.29, 0.717) is 11.2 Å². The van der Waals surface area contributed by atoms with Gasteiger partial charge in [-0.3, -0.25) is 10.1 Å². The van der Waals surface area contributed by atoms with Crippen LogP contribution in [0.25, 0.3) is 0 Å². The number of hydrogen-bond donors (Lipinski definition) is 0. The molecular weight excluding hydrogens is 270 g/mol. The number of hydrogen-bond acceptors (Lipinski definition) is 3. The van der Waals surface area contributed by atoms with Crippen LogP contribution >= 0.6 is 23.4 Å². The van der Waals surface area contributed by atoms with Crippen molar-refractivity contribution in [2.45, 2.75) is 34.8 Å². The Labute approximate surface area is 115 Å². The van der Waals surface area contributed by atoms with Crippen molar-refractivity contribution in [2.75, 3.05) is 0 Å². The van der Waals surface area contributed by atoms with Crippen LogP contribution in [0.3, 0.4) is 0 Å². The minimum atomic E-state index is -0.365. The number of benzene rings is 1. The van der Waals surface area contributed by atoms with Crippen LogP contribution in [0.15, 0.2) is 29.2 Å². The molecule has 0 radical (unpaired) electrons. The Bertz CT molecular complexity index is 463. The van der Waals surface area contributed by atoms with Crippen LogP contribution in [0.4, 0.5) is 5.69 Å². The Morgan fingerprint density at radius 3 is 2.44 bits per heavy atom. The van der Waals surface area contributed by atoms with Crippen molar-refractivity contribution in [2.24, 2.45) is 11.8 Å². The summed E-state index contributed by atoms with van der Waals surface area (Å²) in [5, 5.41) is 11.3. The second-order valence-electron chi connectivity index (χ2n) is 5.11. The number of thioether (sulfide) groups is 1. The van der Waals surface area contributed by atoms with Gasteiger partial charge >= 0.3 is 0 Å². The lowest BCUT2D eigenvalue weighted by Crippen LogP contribution is -2.24. The summed E-state index contributed by atoms with van der Waals surface area (Å²) in [6.07, 6.45) is 3.83. The lowest BCUT2D eigenvalue weighted by atomic mass is 10.00. The third-order valence-electron chi connectivity index (χ3n) is 4.06. The highest BCUT2D eigenvalue weighted by Gasteiger charge is 2.47. The number of halogens is 1. The predicted molar refractivity (Wildman–Crippen MR) is 73.2 cm³/mol. The van der Waals surface area contributed by atoms with Gasteiger partial charge in [0.25, 0.3) is 5.69 Å². The Kier molecular flexibility index (Phi) is 3.24. The summed E-state index contributed by atoms with van der Waals surface area (Å²) in [5.41, 5.74) is 0.148. The van der Waals surface area contributed by atoms with Gasteiger partial charge in [0.05, 0.1) is 4.92 Å². The second-order valence-corrected chi connectivity index (χ2v) is 6.87. The van der Waals surface area contributed by atoms with Crippen LogP contribution in [0, 0.1) is 22.0 Å². The highest BCUT2D eigenvalue weighted by atomic mass is 35.5. The molecule has 0 unspecified atom stereocenters. The van der Waals surface area contributed by atoms with Crippen molar-refractivity contribution in [1.29, 1.82) is 0 Å². The topological polar surface area (TPSA) is 43.1 Å². The van der Waals surface area contributed by atoms with E-state index in [0.717, 1.165) is 10.8 Å². The van der Waals surface area contributed by atoms with Gasteiger partial charge in [0.2, 0.25) is 0 Å². The molecule has 0 heterocycles. The second kappa shape index (κ2) is 4.74. The summed E-state index contributed by atoms with van der Waals surface area (Å²) in [6, 6.07) is 6.80. The molecule has 2 bridgehead atoms. The molecule has 2 aliphatic rings. The Morgan fingerprint density at radius 1 is 1.22 bits per heavy atom. The number of nitro benzene ring substituents is 1. The number of nitrogens with zero attached hydrogens (tertiary/aromatic N) is 1. The number of fused-ring (bicyclic) bond motifs is 2. The van der Waals surface area contributed by atoms with Crippen LogP contribution in [0.5, 0.6) is 0 Å². The SMILES string of the molecule is O=[N+]([O-])c1ccc(S[C@@H]2[C@H]3CC[C@@H](C3)[C@@H]2Cl)cc1. The first kappa shape index (κ1) is 12.3. The van der Waals surface area contributed by atoms with Gasteiger partial charge in [0.1, 0.15) is 0 Å². The molecule has 2 saturated carbocycles. The molecule has 1 aromatic rings. The fourth-order valence-corrected chi connectivity index (χ4v) is 5.12. The standard InChI is InChI=1S/C13H14ClNO2S/c14-12-8-1-2-9(7-8)13(12)18-11-5-3-10(4-6-11)15(16)17/h3-6,8-9,12-13H,1-2,7H2/t8-,9-,12-,13+/m0/s1. The fourth-order valence-electron chi connectivity index (χ4n) is 3.13. The van der Waals surface area contributed by atoms with Crippen molar-refractivity contribution in [3.63, 3.8) is 0 Å². The quantitative estimate of drug-likeness (QED) is 0.477. The minimum absolute atomic E-state index is 0.148. The van der Waals surface area contributed by atoms with Crippen molar-refractivity contribution < 1.29 is 4.92 Å². The molecule has 5 heteroatoms. The van der Waals surface area contributed by atoms with Crippen molar-refractivity contribution >= 4 is 29.1 Å². The predicted octanol–water partition coefficient (Wildman–Crippen LogP) is 4.09. The van der Waals surface area contributed by atoms with Gasteiger partial charge in [-0.1, -0.05) is 0 Å². The molecule has 0 aromatic heterocycles. The summed E-state index contributed by atoms with van der Waals surface area (Å²) in [6.45, 7) is 0. The molecule has 4 atom stereocenters. The molecule has 3 nitrogen and oxygen atoms in total. The molecule has 2 aliphatic carbocycles. The normalized spacial score (nSPS) is 33.8. The lowest BCUT2D eigenvalue weighted by molar-refractivity contribution is -0.384. The third kappa shape index (κ3) is 2.12. The van der Waals surface area contributed by atoms with Gasteiger partial charge in [-0.15, -0.1) is 23.4 Å². The summed E-state index contributed by atoms with van der Waals surface area (Å²) in [5.74, 6) is 1.42. The molecule has 3 rings (SSSR count). The first-order valence-electron chi connectivity index (χ1n) is 6.20. The van der Waals surface area contributed by atoms with Crippen LogP contribution in [0.2, 0.25) is 0 Å². The van der Waals surface area contributed by atoms with E-state index in [1.54, 1.807) is 23.9 Å². The van der Waals surface area contributed by atoms with Crippen molar-refractivity contribution in [3.05, 3.63) is 34.4 Å². The molecule has 96 valence electrons. The Hall–Kier alpha value is -0.740. The van der Waals surface area contributed by atoms with Gasteiger partial charge in [0, 0.05) is 27.7 Å². The molecular formula is C13H14ClNO2S. The summed E-state index contributed by atoms with van der Waals surface area (Å²) in [7, 11) is 0. The Balaban J connectivity index is 1.71. The van der Waals surface area contributed by atoms with Gasteiger partial charge < -0.3 is 0 Å². The smallest absolute Gasteiger partial charge is 0.258 e. The largest absolute Gasteiger partial charge is 0.269 e. The number of nitro groups is 1. The fraction of sp³-hybridized carbons (Fsp3) is 0.538. The van der Waals surface area contributed by atoms with E-state index in [-0.39, 0.29) is 16.0 Å². The molecule has 0 amide bonds. The highest BCUT2D eigenvalue weighted by Crippen LogP contribution is 2.53. The average Bonchev–Trinajstić information content (AvgIpc) is 2.94. The maximum atomic E-state index is 10.6. The van der Waals surface area contributed by atoms with Crippen LogP contribution in [-0.2, 0) is 0 Å². The van der Waals surface area contributed by atoms with Crippen LogP contribution < -0.4 is 0 Å². The summed E-state index contributed by atoms with van der Waals surface area (Å²) < 4.78 is 0. The van der Waals surface area contributed by atoms with Crippen LogP contribution in [-0.4, -0.2) is 15.6 Å². The maximum absolute atomic E-state index is 10.6. The number of rotatable bonds is 3. The third-order valence-corrected chi connectivity index (χ3v) is 6.33. The molecule has 2 fully saturated rings. The molecule has 18 heavy (non-hydrogen) atoms. The van der Waals surface area contributed by atoms with Crippen LogP contribution in [0.1, 0.15) is 19.3 Å². The van der Waals surface area contributed by atoms with Crippen molar-refractivity contribution in [3.8, 4) is 0 Å². The van der Waals surface area contributed by atoms with Gasteiger partial charge in [0.15, 0.2) is 0 Å². The zero-order chi connectivity index (χ0) is 12.7. The summed E-state index contributed by atoms with van der Waals surface area (Å²) >= 11 is 8.27.